The molecule has 1 fully saturated rings. The smallest absolute Gasteiger partial charge is 0.243 e. The van der Waals surface area contributed by atoms with Gasteiger partial charge in [-0.2, -0.15) is 0 Å². The first kappa shape index (κ1) is 10.1. The normalized spacial score (nSPS) is 24.0. The fourth-order valence-corrected chi connectivity index (χ4v) is 1.23. The third kappa shape index (κ3) is 2.78. The van der Waals surface area contributed by atoms with Gasteiger partial charge in [0, 0.05) is 0 Å². The van der Waals surface area contributed by atoms with Crippen LogP contribution >= 0.6 is 0 Å². The average molecular weight is 185 g/mol. The summed E-state index contributed by atoms with van der Waals surface area (Å²) in [6, 6.07) is -0.854. The fourth-order valence-electron chi connectivity index (χ4n) is 1.23. The fraction of sp³-hybridized carbons (Fsp3) is 0.750. The molecule has 1 aliphatic heterocycles. The molecular weight excluding hydrogens is 170 g/mol. The van der Waals surface area contributed by atoms with E-state index in [1.165, 1.54) is 0 Å². The van der Waals surface area contributed by atoms with Crippen molar-refractivity contribution in [2.45, 2.75) is 31.8 Å². The molecule has 74 valence electrons. The molecule has 1 saturated heterocycles. The lowest BCUT2D eigenvalue weighted by atomic mass is 10.2. The maximum Gasteiger partial charge on any atom is 0.243 e. The first-order valence-corrected chi connectivity index (χ1v) is 4.45. The number of carbonyl (C=O) groups excluding carboxylic acids is 2. The summed E-state index contributed by atoms with van der Waals surface area (Å²) in [5, 5.41) is 5.25. The quantitative estimate of drug-likeness (QED) is 0.501. The largest absolute Gasteiger partial charge is 0.320 e. The minimum atomic E-state index is -0.634. The number of rotatable bonds is 2. The highest BCUT2D eigenvalue weighted by molar-refractivity contribution is 5.99. The van der Waals surface area contributed by atoms with Crippen LogP contribution in [0.3, 0.4) is 0 Å². The zero-order valence-electron chi connectivity index (χ0n) is 7.67. The molecule has 5 nitrogen and oxygen atoms in total. The summed E-state index contributed by atoms with van der Waals surface area (Å²) in [6.07, 6.45) is 1.77. The van der Waals surface area contributed by atoms with E-state index in [0.29, 0.717) is 0 Å². The molecule has 0 bridgehead atoms. The average Bonchev–Trinajstić information content (AvgIpc) is 2.55. The van der Waals surface area contributed by atoms with Crippen molar-refractivity contribution in [1.82, 2.24) is 10.6 Å². The number of hydrogen-bond donors (Lipinski definition) is 3. The summed E-state index contributed by atoms with van der Waals surface area (Å²) in [5.74, 6) is -0.682. The molecule has 0 aromatic rings. The van der Waals surface area contributed by atoms with Crippen molar-refractivity contribution in [3.05, 3.63) is 0 Å². The van der Waals surface area contributed by atoms with Gasteiger partial charge < -0.3 is 11.1 Å². The van der Waals surface area contributed by atoms with Crippen LogP contribution in [0, 0.1) is 0 Å². The lowest BCUT2D eigenvalue weighted by Crippen LogP contribution is -2.48. The van der Waals surface area contributed by atoms with Crippen molar-refractivity contribution in [2.75, 3.05) is 6.54 Å². The second-order valence-corrected chi connectivity index (χ2v) is 3.29. The molecule has 13 heavy (non-hydrogen) atoms. The minimum Gasteiger partial charge on any atom is -0.320 e. The molecule has 0 radical (unpaired) electrons. The Morgan fingerprint density at radius 2 is 2.31 bits per heavy atom. The summed E-state index contributed by atoms with van der Waals surface area (Å²) < 4.78 is 0. The van der Waals surface area contributed by atoms with Crippen LogP contribution in [0.1, 0.15) is 19.8 Å². The van der Waals surface area contributed by atoms with Gasteiger partial charge in [0.05, 0.1) is 12.1 Å². The highest BCUT2D eigenvalue weighted by Crippen LogP contribution is 2.04. The lowest BCUT2D eigenvalue weighted by Gasteiger charge is -2.11. The minimum absolute atomic E-state index is 0.220. The third-order valence-electron chi connectivity index (χ3n) is 2.04. The van der Waals surface area contributed by atoms with E-state index >= 15 is 0 Å². The molecule has 0 saturated carbocycles. The van der Waals surface area contributed by atoms with Crippen LogP contribution in [0.25, 0.3) is 0 Å². The second kappa shape index (κ2) is 4.34. The van der Waals surface area contributed by atoms with E-state index < -0.39 is 11.9 Å². The first-order chi connectivity index (χ1) is 6.11. The van der Waals surface area contributed by atoms with E-state index in [-0.39, 0.29) is 11.9 Å². The Bertz CT molecular complexity index is 209. The van der Waals surface area contributed by atoms with E-state index in [2.05, 4.69) is 10.6 Å². The van der Waals surface area contributed by atoms with Crippen molar-refractivity contribution >= 4 is 11.8 Å². The Morgan fingerprint density at radius 3 is 2.77 bits per heavy atom. The molecule has 4 N–H and O–H groups in total. The van der Waals surface area contributed by atoms with Crippen LogP contribution in [-0.4, -0.2) is 30.4 Å². The molecule has 2 atom stereocenters. The summed E-state index contributed by atoms with van der Waals surface area (Å²) in [4.78, 5) is 22.3. The maximum atomic E-state index is 11.3. The third-order valence-corrected chi connectivity index (χ3v) is 2.04. The molecule has 0 unspecified atom stereocenters. The summed E-state index contributed by atoms with van der Waals surface area (Å²) >= 11 is 0. The van der Waals surface area contributed by atoms with Gasteiger partial charge in [0.1, 0.15) is 0 Å². The highest BCUT2D eigenvalue weighted by Gasteiger charge is 2.24. The van der Waals surface area contributed by atoms with E-state index in [9.17, 15) is 9.59 Å². The second-order valence-electron chi connectivity index (χ2n) is 3.29. The zero-order chi connectivity index (χ0) is 9.84. The van der Waals surface area contributed by atoms with Gasteiger partial charge >= 0.3 is 0 Å². The van der Waals surface area contributed by atoms with Crippen molar-refractivity contribution in [1.29, 1.82) is 0 Å². The van der Waals surface area contributed by atoms with Gasteiger partial charge in [-0.25, -0.2) is 0 Å². The van der Waals surface area contributed by atoms with Crippen LogP contribution in [0.15, 0.2) is 0 Å². The van der Waals surface area contributed by atoms with E-state index in [1.807, 2.05) is 0 Å². The van der Waals surface area contributed by atoms with Crippen LogP contribution in [0.2, 0.25) is 0 Å². The Morgan fingerprint density at radius 1 is 1.62 bits per heavy atom. The number of hydrogen-bond acceptors (Lipinski definition) is 4. The van der Waals surface area contributed by atoms with Gasteiger partial charge in [-0.05, 0) is 26.3 Å². The van der Waals surface area contributed by atoms with Gasteiger partial charge in [0.25, 0.3) is 0 Å². The van der Waals surface area contributed by atoms with Crippen LogP contribution in [0.4, 0.5) is 0 Å². The van der Waals surface area contributed by atoms with E-state index in [1.54, 1.807) is 6.92 Å². The zero-order valence-corrected chi connectivity index (χ0v) is 7.67. The van der Waals surface area contributed by atoms with Crippen molar-refractivity contribution in [3.63, 3.8) is 0 Å². The van der Waals surface area contributed by atoms with Crippen LogP contribution in [0.5, 0.6) is 0 Å². The van der Waals surface area contributed by atoms with Gasteiger partial charge in [0.2, 0.25) is 11.8 Å². The Labute approximate surface area is 77.1 Å². The topological polar surface area (TPSA) is 84.2 Å². The molecule has 1 heterocycles. The standard InChI is InChI=1S/C8H15N3O2/c1-5(9)7(12)11-8(13)6-3-2-4-10-6/h5-6,10H,2-4,9H2,1H3,(H,11,12,13)/t5-,6+/m1/s1. The predicted octanol–water partition coefficient (Wildman–Crippen LogP) is -1.27. The number of imide groups is 1. The van der Waals surface area contributed by atoms with Crippen molar-refractivity contribution < 1.29 is 9.59 Å². The SMILES string of the molecule is C[C@@H](N)C(=O)NC(=O)[C@@H]1CCCN1. The Hall–Kier alpha value is -0.940. The lowest BCUT2D eigenvalue weighted by molar-refractivity contribution is -0.131. The molecule has 0 aliphatic carbocycles. The molecule has 2 amide bonds. The molecule has 1 rings (SSSR count). The van der Waals surface area contributed by atoms with Gasteiger partial charge in [0.15, 0.2) is 0 Å². The van der Waals surface area contributed by atoms with Crippen molar-refractivity contribution in [2.24, 2.45) is 5.73 Å². The molecule has 1 aliphatic rings. The first-order valence-electron chi connectivity index (χ1n) is 4.45. The van der Waals surface area contributed by atoms with Crippen LogP contribution < -0.4 is 16.4 Å². The van der Waals surface area contributed by atoms with Gasteiger partial charge in [-0.1, -0.05) is 0 Å². The molecule has 5 heteroatoms. The summed E-state index contributed by atoms with van der Waals surface area (Å²) in [5.41, 5.74) is 5.30. The predicted molar refractivity (Wildman–Crippen MR) is 47.8 cm³/mol. The van der Waals surface area contributed by atoms with Gasteiger partial charge in [-0.15, -0.1) is 0 Å². The van der Waals surface area contributed by atoms with E-state index in [4.69, 9.17) is 5.73 Å². The number of amides is 2. The Kier molecular flexibility index (Phi) is 3.39. The molecule has 0 spiro atoms. The molecule has 0 aromatic heterocycles. The van der Waals surface area contributed by atoms with Crippen molar-refractivity contribution in [3.8, 4) is 0 Å². The number of nitrogens with one attached hydrogen (secondary N) is 2. The van der Waals surface area contributed by atoms with Crippen LogP contribution in [-0.2, 0) is 9.59 Å². The Balaban J connectivity index is 2.36. The van der Waals surface area contributed by atoms with E-state index in [0.717, 1.165) is 19.4 Å². The summed E-state index contributed by atoms with van der Waals surface area (Å²) in [7, 11) is 0. The number of nitrogens with two attached hydrogens (primary N) is 1. The monoisotopic (exact) mass is 185 g/mol. The maximum absolute atomic E-state index is 11.3. The number of carbonyl (C=O) groups is 2. The highest BCUT2D eigenvalue weighted by atomic mass is 16.2. The summed E-state index contributed by atoms with van der Waals surface area (Å²) in [6.45, 7) is 2.38. The molecular formula is C8H15N3O2. The molecule has 0 aromatic carbocycles. The van der Waals surface area contributed by atoms with Gasteiger partial charge in [-0.3, -0.25) is 14.9 Å².